The highest BCUT2D eigenvalue weighted by molar-refractivity contribution is 6.04. The topological polar surface area (TPSA) is 72.7 Å². The third-order valence-corrected chi connectivity index (χ3v) is 3.86. The Morgan fingerprint density at radius 1 is 0.846 bits per heavy atom. The number of benzene rings is 2. The Hall–Kier alpha value is -3.80. The van der Waals surface area contributed by atoms with Gasteiger partial charge in [0, 0.05) is 18.0 Å². The Bertz CT molecular complexity index is 995. The summed E-state index contributed by atoms with van der Waals surface area (Å²) in [5, 5.41) is 6.86. The van der Waals surface area contributed by atoms with E-state index in [4.69, 9.17) is 0 Å². The second-order valence-electron chi connectivity index (χ2n) is 5.62. The minimum absolute atomic E-state index is 0.208. The molecule has 4 aromatic rings. The van der Waals surface area contributed by atoms with Crippen molar-refractivity contribution in [1.82, 2.24) is 19.7 Å². The Morgan fingerprint density at radius 3 is 2.19 bits per heavy atom. The average molecular weight is 341 g/mol. The maximum absolute atomic E-state index is 12.4. The zero-order chi connectivity index (χ0) is 17.8. The van der Waals surface area contributed by atoms with Gasteiger partial charge in [-0.1, -0.05) is 42.5 Å². The van der Waals surface area contributed by atoms with Crippen LogP contribution in [-0.2, 0) is 0 Å². The van der Waals surface area contributed by atoms with Crippen molar-refractivity contribution < 1.29 is 4.79 Å². The number of aromatic nitrogens is 4. The Kier molecular flexibility index (Phi) is 4.22. The molecule has 2 aromatic carbocycles. The molecule has 0 unspecified atom stereocenters. The molecule has 6 nitrogen and oxygen atoms in total. The van der Waals surface area contributed by atoms with Crippen LogP contribution in [0.15, 0.2) is 85.5 Å². The smallest absolute Gasteiger partial charge is 0.255 e. The van der Waals surface area contributed by atoms with Crippen molar-refractivity contribution in [1.29, 1.82) is 0 Å². The largest absolute Gasteiger partial charge is 0.319 e. The van der Waals surface area contributed by atoms with Gasteiger partial charge in [0.2, 0.25) is 0 Å². The summed E-state index contributed by atoms with van der Waals surface area (Å²) in [5.74, 6) is 0.236. The molecule has 0 spiro atoms. The number of hydrogen-bond donors (Lipinski definition) is 1. The van der Waals surface area contributed by atoms with E-state index in [9.17, 15) is 4.79 Å². The predicted molar refractivity (Wildman–Crippen MR) is 99.0 cm³/mol. The van der Waals surface area contributed by atoms with Crippen molar-refractivity contribution in [3.63, 3.8) is 0 Å². The van der Waals surface area contributed by atoms with Gasteiger partial charge in [-0.25, -0.2) is 14.6 Å². The van der Waals surface area contributed by atoms with Crippen LogP contribution in [0.3, 0.4) is 0 Å². The van der Waals surface area contributed by atoms with Crippen molar-refractivity contribution >= 4 is 11.6 Å². The number of rotatable bonds is 4. The summed E-state index contributed by atoms with van der Waals surface area (Å²) in [6.45, 7) is 0. The second kappa shape index (κ2) is 6.98. The third-order valence-electron chi connectivity index (χ3n) is 3.86. The van der Waals surface area contributed by atoms with E-state index in [-0.39, 0.29) is 5.91 Å². The molecule has 1 amide bonds. The van der Waals surface area contributed by atoms with Crippen LogP contribution in [-0.4, -0.2) is 25.7 Å². The predicted octanol–water partition coefficient (Wildman–Crippen LogP) is 3.58. The first kappa shape index (κ1) is 15.7. The molecule has 6 heteroatoms. The van der Waals surface area contributed by atoms with Crippen molar-refractivity contribution in [2.75, 3.05) is 5.32 Å². The molecule has 4 rings (SSSR count). The molecular formula is C20H15N5O. The minimum Gasteiger partial charge on any atom is -0.319 e. The molecule has 0 aliphatic rings. The van der Waals surface area contributed by atoms with Crippen molar-refractivity contribution in [2.45, 2.75) is 0 Å². The first-order chi connectivity index (χ1) is 12.8. The van der Waals surface area contributed by atoms with E-state index in [2.05, 4.69) is 20.4 Å². The van der Waals surface area contributed by atoms with E-state index in [0.29, 0.717) is 17.2 Å². The third kappa shape index (κ3) is 3.34. The normalized spacial score (nSPS) is 10.5. The van der Waals surface area contributed by atoms with E-state index in [1.54, 1.807) is 47.7 Å². The van der Waals surface area contributed by atoms with Crippen LogP contribution in [0.25, 0.3) is 17.1 Å². The van der Waals surface area contributed by atoms with Crippen molar-refractivity contribution in [3.8, 4) is 17.1 Å². The molecule has 26 heavy (non-hydrogen) atoms. The molecule has 0 saturated carbocycles. The molecule has 0 atom stereocenters. The molecule has 0 fully saturated rings. The SMILES string of the molecule is O=C(Nc1cnc(-n2cccn2)nc1)c1ccc(-c2ccccc2)cc1. The highest BCUT2D eigenvalue weighted by Gasteiger charge is 2.08. The fourth-order valence-corrected chi connectivity index (χ4v) is 2.54. The number of anilines is 1. The van der Waals surface area contributed by atoms with Gasteiger partial charge in [-0.05, 0) is 29.3 Å². The summed E-state index contributed by atoms with van der Waals surface area (Å²) in [7, 11) is 0. The molecule has 0 aliphatic heterocycles. The molecule has 0 saturated heterocycles. The average Bonchev–Trinajstić information content (AvgIpc) is 3.24. The van der Waals surface area contributed by atoms with Crippen LogP contribution in [0.5, 0.6) is 0 Å². The Balaban J connectivity index is 1.46. The monoisotopic (exact) mass is 341 g/mol. The maximum Gasteiger partial charge on any atom is 0.255 e. The lowest BCUT2D eigenvalue weighted by molar-refractivity contribution is 0.102. The van der Waals surface area contributed by atoms with E-state index in [1.165, 1.54) is 0 Å². The van der Waals surface area contributed by atoms with Gasteiger partial charge in [0.15, 0.2) is 0 Å². The molecular weight excluding hydrogens is 326 g/mol. The zero-order valence-electron chi connectivity index (χ0n) is 13.8. The van der Waals surface area contributed by atoms with Crippen LogP contribution < -0.4 is 5.32 Å². The molecule has 2 aromatic heterocycles. The van der Waals surface area contributed by atoms with Crippen LogP contribution >= 0.6 is 0 Å². The molecule has 2 heterocycles. The van der Waals surface area contributed by atoms with Gasteiger partial charge < -0.3 is 5.32 Å². The van der Waals surface area contributed by atoms with Gasteiger partial charge in [-0.15, -0.1) is 0 Å². The Morgan fingerprint density at radius 2 is 1.54 bits per heavy atom. The number of hydrogen-bond acceptors (Lipinski definition) is 4. The fourth-order valence-electron chi connectivity index (χ4n) is 2.54. The summed E-state index contributed by atoms with van der Waals surface area (Å²) in [5.41, 5.74) is 3.27. The number of carbonyl (C=O) groups excluding carboxylic acids is 1. The van der Waals surface area contributed by atoms with Gasteiger partial charge in [-0.2, -0.15) is 5.10 Å². The van der Waals surface area contributed by atoms with E-state index < -0.39 is 0 Å². The highest BCUT2D eigenvalue weighted by Crippen LogP contribution is 2.19. The Labute approximate surface area is 150 Å². The van der Waals surface area contributed by atoms with E-state index >= 15 is 0 Å². The quantitative estimate of drug-likeness (QED) is 0.616. The summed E-state index contributed by atoms with van der Waals surface area (Å²) < 4.78 is 1.55. The minimum atomic E-state index is -0.208. The van der Waals surface area contributed by atoms with Crippen LogP contribution in [0.4, 0.5) is 5.69 Å². The van der Waals surface area contributed by atoms with Crippen molar-refractivity contribution in [2.24, 2.45) is 0 Å². The van der Waals surface area contributed by atoms with E-state index in [0.717, 1.165) is 11.1 Å². The zero-order valence-corrected chi connectivity index (χ0v) is 13.8. The van der Waals surface area contributed by atoms with Gasteiger partial charge >= 0.3 is 0 Å². The van der Waals surface area contributed by atoms with Crippen LogP contribution in [0.2, 0.25) is 0 Å². The van der Waals surface area contributed by atoms with Gasteiger partial charge in [0.25, 0.3) is 11.9 Å². The lowest BCUT2D eigenvalue weighted by Gasteiger charge is -2.07. The van der Waals surface area contributed by atoms with Crippen molar-refractivity contribution in [3.05, 3.63) is 91.0 Å². The van der Waals surface area contributed by atoms with Gasteiger partial charge in [0.05, 0.1) is 18.1 Å². The van der Waals surface area contributed by atoms with Crippen LogP contribution in [0, 0.1) is 0 Å². The first-order valence-electron chi connectivity index (χ1n) is 8.08. The molecule has 0 aliphatic carbocycles. The fraction of sp³-hybridized carbons (Fsp3) is 0. The number of carbonyl (C=O) groups is 1. The maximum atomic E-state index is 12.4. The molecule has 126 valence electrons. The molecule has 1 N–H and O–H groups in total. The summed E-state index contributed by atoms with van der Waals surface area (Å²) in [6, 6.07) is 19.3. The molecule has 0 bridgehead atoms. The molecule has 0 radical (unpaired) electrons. The lowest BCUT2D eigenvalue weighted by Crippen LogP contribution is -2.12. The number of amides is 1. The second-order valence-corrected chi connectivity index (χ2v) is 5.62. The standard InChI is InChI=1S/C20H15N5O/c26-19(17-9-7-16(8-10-17)15-5-2-1-3-6-15)24-18-13-21-20(22-14-18)25-12-4-11-23-25/h1-14H,(H,24,26). The first-order valence-corrected chi connectivity index (χ1v) is 8.08. The van der Waals surface area contributed by atoms with Crippen LogP contribution in [0.1, 0.15) is 10.4 Å². The number of nitrogens with one attached hydrogen (secondary N) is 1. The highest BCUT2D eigenvalue weighted by atomic mass is 16.1. The lowest BCUT2D eigenvalue weighted by atomic mass is 10.0. The van der Waals surface area contributed by atoms with Gasteiger partial charge in [-0.3, -0.25) is 4.79 Å². The summed E-state index contributed by atoms with van der Waals surface area (Å²) in [4.78, 5) is 20.8. The summed E-state index contributed by atoms with van der Waals surface area (Å²) >= 11 is 0. The summed E-state index contributed by atoms with van der Waals surface area (Å²) in [6.07, 6.45) is 6.51. The van der Waals surface area contributed by atoms with E-state index in [1.807, 2.05) is 42.5 Å². The number of nitrogens with zero attached hydrogens (tertiary/aromatic N) is 4. The van der Waals surface area contributed by atoms with Gasteiger partial charge in [0.1, 0.15) is 0 Å².